The lowest BCUT2D eigenvalue weighted by Crippen LogP contribution is -2.71. The smallest absolute Gasteiger partial charge is 0.355 e. The number of methoxy groups -OCH3 is 1. The second-order valence-electron chi connectivity index (χ2n) is 17.0. The van der Waals surface area contributed by atoms with E-state index < -0.39 is 52.9 Å². The Kier molecular flexibility index (Phi) is 16.0. The number of oxime groups is 1. The highest BCUT2D eigenvalue weighted by molar-refractivity contribution is 8.00. The number of rotatable bonds is 20. The van der Waals surface area contributed by atoms with Crippen LogP contribution in [-0.4, -0.2) is 75.6 Å². The number of amides is 2. The quantitative estimate of drug-likeness (QED) is 0.0187. The van der Waals surface area contributed by atoms with E-state index in [0.717, 1.165) is 33.4 Å². The molecular weight excluding hydrogens is 982 g/mol. The fourth-order valence-corrected chi connectivity index (χ4v) is 11.1. The Hall–Kier alpha value is -7.72. The molecule has 16 heteroatoms. The highest BCUT2D eigenvalue weighted by atomic mass is 35.5. The second-order valence-corrected chi connectivity index (χ2v) is 19.2. The van der Waals surface area contributed by atoms with Crippen LogP contribution in [0.25, 0.3) is 0 Å². The van der Waals surface area contributed by atoms with Crippen LogP contribution in [0.1, 0.15) is 58.5 Å². The molecular formula is C57H50ClN5O8S2. The Balaban J connectivity index is 1.02. The number of alkyl halides is 1. The highest BCUT2D eigenvalue weighted by Crippen LogP contribution is 2.43. The molecule has 13 nitrogen and oxygen atoms in total. The van der Waals surface area contributed by atoms with Crippen LogP contribution in [0.5, 0.6) is 5.75 Å². The van der Waals surface area contributed by atoms with Crippen molar-refractivity contribution in [3.05, 3.63) is 232 Å². The van der Waals surface area contributed by atoms with Crippen LogP contribution < -0.4 is 15.4 Å². The number of halogens is 1. The number of carbonyl (C=O) groups is 4. The maximum Gasteiger partial charge on any atom is 0.355 e. The predicted octanol–water partition coefficient (Wildman–Crippen LogP) is 10.0. The zero-order valence-electron chi connectivity index (χ0n) is 39.8. The fourth-order valence-electron chi connectivity index (χ4n) is 8.69. The molecule has 73 heavy (non-hydrogen) atoms. The van der Waals surface area contributed by atoms with Crippen LogP contribution in [0.3, 0.4) is 0 Å². The summed E-state index contributed by atoms with van der Waals surface area (Å²) in [7, 11) is 1.56. The van der Waals surface area contributed by atoms with Crippen LogP contribution in [0.4, 0.5) is 5.13 Å². The first kappa shape index (κ1) is 50.2. The Morgan fingerprint density at radius 2 is 1.34 bits per heavy atom. The topological polar surface area (TPSA) is 158 Å². The van der Waals surface area contributed by atoms with Crippen LogP contribution in [0.15, 0.2) is 198 Å². The summed E-state index contributed by atoms with van der Waals surface area (Å²) in [5, 5.41) is 12.4. The van der Waals surface area contributed by atoms with E-state index in [1.807, 2.05) is 152 Å². The summed E-state index contributed by atoms with van der Waals surface area (Å²) in [5.74, 6) is -1.83. The molecule has 6 aromatic carbocycles. The van der Waals surface area contributed by atoms with Crippen molar-refractivity contribution in [2.45, 2.75) is 49.1 Å². The molecule has 2 N–H and O–H groups in total. The molecule has 7 aromatic rings. The molecule has 370 valence electrons. The third-order valence-corrected chi connectivity index (χ3v) is 14.9. The predicted molar refractivity (Wildman–Crippen MR) is 283 cm³/mol. The van der Waals surface area contributed by atoms with Crippen molar-refractivity contribution >= 4 is 69.3 Å². The van der Waals surface area contributed by atoms with Gasteiger partial charge in [0.2, 0.25) is 6.10 Å². The van der Waals surface area contributed by atoms with Gasteiger partial charge in [-0.1, -0.05) is 176 Å². The van der Waals surface area contributed by atoms with Gasteiger partial charge in [0.25, 0.3) is 11.8 Å². The molecule has 0 bridgehead atoms. The first-order chi connectivity index (χ1) is 35.7. The SMILES string of the molecule is CCC(ON=C(C(=O)NC1C(=O)N2C(C(=O)OCc3ccc(OC)cc3)=C(CCl)CS[C@H]12)c1csc(NC(c2ccccc2)(c2ccccc2)c2ccccc2)n1)C(=O)OC(c1ccccc1)c1ccccc1. The lowest BCUT2D eigenvalue weighted by molar-refractivity contribution is -0.161. The summed E-state index contributed by atoms with van der Waals surface area (Å²) in [6.45, 7) is 1.69. The van der Waals surface area contributed by atoms with E-state index in [1.54, 1.807) is 43.7 Å². The zero-order valence-corrected chi connectivity index (χ0v) is 42.1. The van der Waals surface area contributed by atoms with Gasteiger partial charge in [-0.25, -0.2) is 14.6 Å². The number of hydrogen-bond acceptors (Lipinski definition) is 13. The largest absolute Gasteiger partial charge is 0.497 e. The van der Waals surface area contributed by atoms with Crippen molar-refractivity contribution in [3.63, 3.8) is 0 Å². The van der Waals surface area contributed by atoms with Gasteiger partial charge in [-0.15, -0.1) is 34.7 Å². The molecule has 0 aliphatic carbocycles. The minimum absolute atomic E-state index is 0.0135. The normalized spacial score (nSPS) is 15.9. The van der Waals surface area contributed by atoms with E-state index in [2.05, 4.69) is 15.8 Å². The summed E-state index contributed by atoms with van der Waals surface area (Å²) in [4.78, 5) is 69.0. The fraction of sp³-hybridized carbons (Fsp3) is 0.193. The molecule has 0 spiro atoms. The number of thioether (sulfide) groups is 1. The average molecular weight is 1030 g/mol. The van der Waals surface area contributed by atoms with Gasteiger partial charge in [0.15, 0.2) is 16.9 Å². The molecule has 2 amide bonds. The Morgan fingerprint density at radius 3 is 1.86 bits per heavy atom. The summed E-state index contributed by atoms with van der Waals surface area (Å²) in [6.07, 6.45) is -1.88. The molecule has 0 radical (unpaired) electrons. The van der Waals surface area contributed by atoms with Gasteiger partial charge in [-0.2, -0.15) is 0 Å². The molecule has 1 saturated heterocycles. The first-order valence-corrected chi connectivity index (χ1v) is 26.0. The monoisotopic (exact) mass is 1030 g/mol. The third-order valence-electron chi connectivity index (χ3n) is 12.4. The van der Waals surface area contributed by atoms with Crippen molar-refractivity contribution in [1.82, 2.24) is 15.2 Å². The van der Waals surface area contributed by atoms with Gasteiger partial charge in [-0.05, 0) is 57.5 Å². The lowest BCUT2D eigenvalue weighted by Gasteiger charge is -2.49. The van der Waals surface area contributed by atoms with E-state index in [1.165, 1.54) is 28.0 Å². The molecule has 2 unspecified atom stereocenters. The van der Waals surface area contributed by atoms with Crippen molar-refractivity contribution in [3.8, 4) is 5.75 Å². The number of hydrogen-bond donors (Lipinski definition) is 2. The number of esters is 2. The first-order valence-electron chi connectivity index (χ1n) is 23.5. The Morgan fingerprint density at radius 1 is 0.795 bits per heavy atom. The zero-order chi connectivity index (χ0) is 50.7. The Labute approximate surface area is 436 Å². The number of nitrogens with zero attached hydrogens (tertiary/aromatic N) is 3. The summed E-state index contributed by atoms with van der Waals surface area (Å²) >= 11 is 8.93. The molecule has 2 aliphatic rings. The van der Waals surface area contributed by atoms with Crippen molar-refractivity contribution in [1.29, 1.82) is 0 Å². The number of ether oxygens (including phenoxy) is 3. The van der Waals surface area contributed by atoms with Gasteiger partial charge in [0.05, 0.1) is 7.11 Å². The minimum Gasteiger partial charge on any atom is -0.497 e. The molecule has 3 heterocycles. The van der Waals surface area contributed by atoms with Crippen LogP contribution >= 0.6 is 34.7 Å². The van der Waals surface area contributed by atoms with E-state index >= 15 is 0 Å². The summed E-state index contributed by atoms with van der Waals surface area (Å²) in [5.41, 5.74) is 4.44. The van der Waals surface area contributed by atoms with Crippen molar-refractivity contribution in [2.24, 2.45) is 5.16 Å². The average Bonchev–Trinajstić information content (AvgIpc) is 3.92. The summed E-state index contributed by atoms with van der Waals surface area (Å²) < 4.78 is 17.1. The van der Waals surface area contributed by atoms with Gasteiger partial charge in [0, 0.05) is 17.0 Å². The van der Waals surface area contributed by atoms with Crippen LogP contribution in [-0.2, 0) is 45.6 Å². The van der Waals surface area contributed by atoms with Crippen molar-refractivity contribution in [2.75, 3.05) is 24.1 Å². The highest BCUT2D eigenvalue weighted by Gasteiger charge is 2.55. The van der Waals surface area contributed by atoms with E-state index in [-0.39, 0.29) is 36.0 Å². The molecule has 9 rings (SSSR count). The number of nitrogens with one attached hydrogen (secondary N) is 2. The number of anilines is 1. The van der Waals surface area contributed by atoms with Crippen molar-refractivity contribution < 1.29 is 38.2 Å². The maximum absolute atomic E-state index is 14.8. The number of thiazole rings is 1. The number of β-lactam (4-membered cyclic amide) rings is 1. The second kappa shape index (κ2) is 23.2. The van der Waals surface area contributed by atoms with Gasteiger partial charge < -0.3 is 29.7 Å². The van der Waals surface area contributed by atoms with Crippen LogP contribution in [0, 0.1) is 0 Å². The molecule has 2 aliphatic heterocycles. The number of aromatic nitrogens is 1. The van der Waals surface area contributed by atoms with E-state index in [4.69, 9.17) is 35.6 Å². The third kappa shape index (κ3) is 10.9. The molecule has 3 atom stereocenters. The maximum atomic E-state index is 14.8. The van der Waals surface area contributed by atoms with Gasteiger partial charge in [-0.3, -0.25) is 14.5 Å². The number of carbonyl (C=O) groups excluding carboxylic acids is 4. The molecule has 0 saturated carbocycles. The number of benzene rings is 6. The summed E-state index contributed by atoms with van der Waals surface area (Å²) in [6, 6.07) is 54.6. The molecule has 1 aromatic heterocycles. The van der Waals surface area contributed by atoms with Gasteiger partial charge >= 0.3 is 11.9 Å². The van der Waals surface area contributed by atoms with Crippen LogP contribution in [0.2, 0.25) is 0 Å². The van der Waals surface area contributed by atoms with E-state index in [0.29, 0.717) is 22.2 Å². The Bertz CT molecular complexity index is 2960. The minimum atomic E-state index is -1.25. The van der Waals surface area contributed by atoms with Gasteiger partial charge in [0.1, 0.15) is 40.7 Å². The lowest BCUT2D eigenvalue weighted by atomic mass is 9.77. The molecule has 1 fully saturated rings. The standard InChI is InChI=1S/C57H50ClN5O8S2/c1-3-46(54(66)70-50(38-19-9-4-10-20-38)39-21-11-5-12-22-39)71-62-47(45-36-73-56(59-45)61-57(41-23-13-6-14-24-41,42-25-15-7-16-26-42)43-27-17-8-18-28-43)51(64)60-48-52(65)63-49(40(33-58)35-72-53(48)63)55(67)69-34-37-29-31-44(68-2)32-30-37/h4-32,36,46,48,50,53H,3,33-35H2,1-2H3,(H,59,61)(H,60,64)/t46?,48?,53-/m1/s1. The number of fused-ring (bicyclic) bond motifs is 1. The van der Waals surface area contributed by atoms with E-state index in [9.17, 15) is 19.2 Å².